The van der Waals surface area contributed by atoms with Crippen molar-refractivity contribution in [2.24, 2.45) is 0 Å². The number of aliphatic hydroxyl groups is 1. The van der Waals surface area contributed by atoms with Crippen LogP contribution in [-0.4, -0.2) is 27.8 Å². The number of hydrogen-bond donors (Lipinski definition) is 2. The van der Waals surface area contributed by atoms with E-state index in [1.54, 1.807) is 19.1 Å². The fourth-order valence-electron chi connectivity index (χ4n) is 1.74. The summed E-state index contributed by atoms with van der Waals surface area (Å²) in [5.41, 5.74) is 2.00. The Morgan fingerprint density at radius 2 is 2.24 bits per heavy atom. The predicted octanol–water partition coefficient (Wildman–Crippen LogP) is 1.67. The van der Waals surface area contributed by atoms with E-state index in [-0.39, 0.29) is 18.5 Å². The number of carbonyl (C=O) groups is 1. The zero-order valence-electron chi connectivity index (χ0n) is 11.8. The lowest BCUT2D eigenvalue weighted by Gasteiger charge is -2.06. The predicted molar refractivity (Wildman–Crippen MR) is 76.7 cm³/mol. The molecule has 0 aliphatic heterocycles. The van der Waals surface area contributed by atoms with Gasteiger partial charge in [-0.3, -0.25) is 10.1 Å². The third kappa shape index (κ3) is 3.68. The molecule has 1 aromatic heterocycles. The number of benzene rings is 1. The Balaban J connectivity index is 2.22. The summed E-state index contributed by atoms with van der Waals surface area (Å²) in [6.45, 7) is 3.50. The van der Waals surface area contributed by atoms with Crippen molar-refractivity contribution in [2.45, 2.75) is 20.3 Å². The monoisotopic (exact) mass is 285 g/mol. The number of aryl methyl sites for hydroxylation is 1. The van der Waals surface area contributed by atoms with E-state index in [0.29, 0.717) is 17.8 Å². The van der Waals surface area contributed by atoms with Crippen molar-refractivity contribution >= 4 is 11.9 Å². The summed E-state index contributed by atoms with van der Waals surface area (Å²) in [5, 5.41) is 14.9. The molecule has 0 spiro atoms. The number of hydrogen-bond acceptors (Lipinski definition) is 5. The van der Waals surface area contributed by atoms with Gasteiger partial charge in [0.15, 0.2) is 5.82 Å². The summed E-state index contributed by atoms with van der Waals surface area (Å²) in [6, 6.07) is 5.34. The summed E-state index contributed by atoms with van der Waals surface area (Å²) < 4.78 is 4.86. The van der Waals surface area contributed by atoms with Crippen LogP contribution in [0.15, 0.2) is 22.7 Å². The van der Waals surface area contributed by atoms with Gasteiger partial charge in [0.25, 0.3) is 5.91 Å². The van der Waals surface area contributed by atoms with Gasteiger partial charge < -0.3 is 9.63 Å². The Hall–Kier alpha value is -2.65. The van der Waals surface area contributed by atoms with E-state index >= 15 is 0 Å². The number of nitrogens with zero attached hydrogens (tertiary/aromatic N) is 2. The van der Waals surface area contributed by atoms with Crippen molar-refractivity contribution in [3.63, 3.8) is 0 Å². The van der Waals surface area contributed by atoms with Gasteiger partial charge in [0.05, 0.1) is 6.61 Å². The minimum absolute atomic E-state index is 0.0166. The average molecular weight is 285 g/mol. The largest absolute Gasteiger partial charge is 0.395 e. The highest BCUT2D eigenvalue weighted by Gasteiger charge is 2.13. The first kappa shape index (κ1) is 14.8. The average Bonchev–Trinajstić information content (AvgIpc) is 2.86. The Labute approximate surface area is 122 Å². The molecule has 0 aliphatic carbocycles. The van der Waals surface area contributed by atoms with E-state index in [9.17, 15) is 4.79 Å². The number of aliphatic hydroxyl groups excluding tert-OH is 1. The number of rotatable bonds is 3. The van der Waals surface area contributed by atoms with E-state index in [4.69, 9.17) is 9.63 Å². The lowest BCUT2D eigenvalue weighted by atomic mass is 10.0. The van der Waals surface area contributed by atoms with Crippen LogP contribution in [0.25, 0.3) is 0 Å². The molecule has 0 saturated heterocycles. The second kappa shape index (κ2) is 6.68. The molecular formula is C15H15N3O3. The Morgan fingerprint density at radius 1 is 1.43 bits per heavy atom. The molecule has 1 heterocycles. The first-order valence-corrected chi connectivity index (χ1v) is 6.43. The van der Waals surface area contributed by atoms with Crippen LogP contribution in [0.5, 0.6) is 0 Å². The SMILES string of the molecule is Cc1noc(NC(=O)c2cccc(C#CCCO)c2C)n1. The molecule has 0 fully saturated rings. The quantitative estimate of drug-likeness (QED) is 0.837. The molecule has 1 amide bonds. The second-order valence-corrected chi connectivity index (χ2v) is 4.35. The minimum Gasteiger partial charge on any atom is -0.395 e. The third-order valence-corrected chi connectivity index (χ3v) is 2.79. The van der Waals surface area contributed by atoms with Gasteiger partial charge in [0, 0.05) is 17.5 Å². The molecule has 0 bridgehead atoms. The molecule has 2 rings (SSSR count). The molecule has 0 unspecified atom stereocenters. The van der Waals surface area contributed by atoms with E-state index in [2.05, 4.69) is 27.3 Å². The Bertz CT molecular complexity index is 710. The van der Waals surface area contributed by atoms with Crippen molar-refractivity contribution in [1.29, 1.82) is 0 Å². The lowest BCUT2D eigenvalue weighted by Crippen LogP contribution is -2.14. The molecule has 0 saturated carbocycles. The van der Waals surface area contributed by atoms with Crippen LogP contribution in [0.4, 0.5) is 6.01 Å². The van der Waals surface area contributed by atoms with Crippen LogP contribution in [0, 0.1) is 25.7 Å². The van der Waals surface area contributed by atoms with Crippen molar-refractivity contribution in [1.82, 2.24) is 10.1 Å². The van der Waals surface area contributed by atoms with E-state index in [1.165, 1.54) is 0 Å². The van der Waals surface area contributed by atoms with Gasteiger partial charge in [0.1, 0.15) is 0 Å². The first-order valence-electron chi connectivity index (χ1n) is 6.43. The van der Waals surface area contributed by atoms with Crippen LogP contribution in [0.1, 0.15) is 33.7 Å². The van der Waals surface area contributed by atoms with Gasteiger partial charge in [-0.05, 0) is 31.5 Å². The highest BCUT2D eigenvalue weighted by Crippen LogP contribution is 2.15. The van der Waals surface area contributed by atoms with Crippen molar-refractivity contribution < 1.29 is 14.4 Å². The van der Waals surface area contributed by atoms with Crippen LogP contribution < -0.4 is 5.32 Å². The van der Waals surface area contributed by atoms with Crippen LogP contribution in [-0.2, 0) is 0 Å². The zero-order chi connectivity index (χ0) is 15.2. The van der Waals surface area contributed by atoms with Gasteiger partial charge >= 0.3 is 6.01 Å². The molecule has 108 valence electrons. The fraction of sp³-hybridized carbons (Fsp3) is 0.267. The number of nitrogens with one attached hydrogen (secondary N) is 1. The maximum Gasteiger partial charge on any atom is 0.328 e. The number of amides is 1. The van der Waals surface area contributed by atoms with Gasteiger partial charge in [-0.2, -0.15) is 4.98 Å². The number of carbonyl (C=O) groups excluding carboxylic acids is 1. The molecule has 21 heavy (non-hydrogen) atoms. The lowest BCUT2D eigenvalue weighted by molar-refractivity contribution is 0.102. The highest BCUT2D eigenvalue weighted by molar-refractivity contribution is 6.04. The summed E-state index contributed by atoms with van der Waals surface area (Å²) in [5.74, 6) is 5.89. The van der Waals surface area contributed by atoms with Crippen LogP contribution in [0.3, 0.4) is 0 Å². The normalized spacial score (nSPS) is 9.86. The van der Waals surface area contributed by atoms with Crippen molar-refractivity contribution in [2.75, 3.05) is 11.9 Å². The molecule has 0 aliphatic rings. The maximum absolute atomic E-state index is 12.2. The first-order chi connectivity index (χ1) is 10.1. The van der Waals surface area contributed by atoms with E-state index < -0.39 is 0 Å². The van der Waals surface area contributed by atoms with Gasteiger partial charge in [0.2, 0.25) is 0 Å². The highest BCUT2D eigenvalue weighted by atomic mass is 16.5. The molecule has 2 aromatic rings. The maximum atomic E-state index is 12.2. The second-order valence-electron chi connectivity index (χ2n) is 4.35. The molecular weight excluding hydrogens is 270 g/mol. The van der Waals surface area contributed by atoms with Gasteiger partial charge in [-0.15, -0.1) is 0 Å². The van der Waals surface area contributed by atoms with Crippen molar-refractivity contribution in [3.05, 3.63) is 40.7 Å². The zero-order valence-corrected chi connectivity index (χ0v) is 11.8. The molecule has 2 N–H and O–H groups in total. The Morgan fingerprint density at radius 3 is 2.90 bits per heavy atom. The van der Waals surface area contributed by atoms with E-state index in [1.807, 2.05) is 13.0 Å². The van der Waals surface area contributed by atoms with Crippen LogP contribution >= 0.6 is 0 Å². The molecule has 0 atom stereocenters. The summed E-state index contributed by atoms with van der Waals surface area (Å²) in [4.78, 5) is 16.1. The molecule has 1 aromatic carbocycles. The summed E-state index contributed by atoms with van der Waals surface area (Å²) >= 11 is 0. The minimum atomic E-state index is -0.332. The summed E-state index contributed by atoms with van der Waals surface area (Å²) in [7, 11) is 0. The van der Waals surface area contributed by atoms with E-state index in [0.717, 1.165) is 11.1 Å². The summed E-state index contributed by atoms with van der Waals surface area (Å²) in [6.07, 6.45) is 0.400. The fourth-order valence-corrected chi connectivity index (χ4v) is 1.74. The third-order valence-electron chi connectivity index (χ3n) is 2.79. The standard InChI is InChI=1S/C15H15N3O3/c1-10-12(6-3-4-9-19)7-5-8-13(10)14(20)17-15-16-11(2)18-21-15/h5,7-8,19H,4,9H2,1-2H3,(H,16,17,18,20). The molecule has 6 heteroatoms. The molecule has 6 nitrogen and oxygen atoms in total. The number of anilines is 1. The topological polar surface area (TPSA) is 88.2 Å². The van der Waals surface area contributed by atoms with Crippen LogP contribution in [0.2, 0.25) is 0 Å². The van der Waals surface area contributed by atoms with Crippen molar-refractivity contribution in [3.8, 4) is 11.8 Å². The smallest absolute Gasteiger partial charge is 0.328 e. The number of aromatic nitrogens is 2. The van der Waals surface area contributed by atoms with Gasteiger partial charge in [-0.1, -0.05) is 23.1 Å². The molecule has 0 radical (unpaired) electrons. The van der Waals surface area contributed by atoms with Gasteiger partial charge in [-0.25, -0.2) is 0 Å². The Kier molecular flexibility index (Phi) is 4.69.